The minimum absolute atomic E-state index is 0.108. The van der Waals surface area contributed by atoms with E-state index in [-0.39, 0.29) is 12.2 Å². The Morgan fingerprint density at radius 3 is 2.64 bits per heavy atom. The van der Waals surface area contributed by atoms with E-state index < -0.39 is 0 Å². The van der Waals surface area contributed by atoms with Crippen molar-refractivity contribution in [3.8, 4) is 5.75 Å². The topological polar surface area (TPSA) is 76.4 Å². The van der Waals surface area contributed by atoms with Gasteiger partial charge in [-0.2, -0.15) is 5.10 Å². The summed E-state index contributed by atoms with van der Waals surface area (Å²) in [6.07, 6.45) is 8.92. The fourth-order valence-electron chi connectivity index (χ4n) is 5.11. The average Bonchev–Trinajstić information content (AvgIpc) is 2.97. The zero-order chi connectivity index (χ0) is 26.6. The van der Waals surface area contributed by atoms with Crippen molar-refractivity contribution >= 4 is 29.2 Å². The highest BCUT2D eigenvalue weighted by Gasteiger charge is 2.19. The van der Waals surface area contributed by atoms with Gasteiger partial charge in [0.1, 0.15) is 12.4 Å². The molecule has 198 valence electrons. The lowest BCUT2D eigenvalue weighted by Gasteiger charge is -2.35. The molecule has 6 rings (SSSR count). The summed E-state index contributed by atoms with van der Waals surface area (Å²) in [5.74, 6) is 1.47. The zero-order valence-corrected chi connectivity index (χ0v) is 22.3. The lowest BCUT2D eigenvalue weighted by molar-refractivity contribution is 0.249. The summed E-state index contributed by atoms with van der Waals surface area (Å²) in [5, 5.41) is 8.82. The monoisotopic (exact) mass is 540 g/mol. The molecule has 0 amide bonds. The van der Waals surface area contributed by atoms with Crippen LogP contribution >= 0.6 is 11.6 Å². The number of ether oxygens (including phenoxy) is 1. The Morgan fingerprint density at radius 2 is 1.87 bits per heavy atom. The molecule has 0 unspecified atom stereocenters. The highest BCUT2D eigenvalue weighted by molar-refractivity contribution is 6.30. The van der Waals surface area contributed by atoms with E-state index in [4.69, 9.17) is 16.3 Å². The van der Waals surface area contributed by atoms with Crippen LogP contribution in [0.3, 0.4) is 0 Å². The smallest absolute Gasteiger partial charge is 0.258 e. The number of allylic oxidation sites excluding steroid dienone is 1. The van der Waals surface area contributed by atoms with E-state index in [9.17, 15) is 4.79 Å². The van der Waals surface area contributed by atoms with Gasteiger partial charge >= 0.3 is 0 Å². The number of aromatic nitrogens is 4. The molecular formula is C30H29ClN6O2. The maximum Gasteiger partial charge on any atom is 0.258 e. The summed E-state index contributed by atoms with van der Waals surface area (Å²) in [5.41, 5.74) is 5.47. The number of pyridine rings is 2. The fraction of sp³-hybridized carbons (Fsp3) is 0.267. The van der Waals surface area contributed by atoms with Gasteiger partial charge in [-0.1, -0.05) is 29.8 Å². The van der Waals surface area contributed by atoms with E-state index in [0.29, 0.717) is 10.8 Å². The normalized spacial score (nSPS) is 15.5. The Morgan fingerprint density at radius 1 is 0.974 bits per heavy atom. The van der Waals surface area contributed by atoms with Gasteiger partial charge in [-0.15, -0.1) is 5.10 Å². The van der Waals surface area contributed by atoms with Crippen LogP contribution in [0.5, 0.6) is 5.75 Å². The number of aryl methyl sites for hydroxylation is 1. The van der Waals surface area contributed by atoms with Crippen molar-refractivity contribution in [3.63, 3.8) is 0 Å². The standard InChI is InChI=1S/C30H29ClN6O2/c31-25-6-7-26(32-19-25)21-39-28-9-11-37(30(38)18-28)27-8-5-23-16-22(3-4-24(23)17-27)20-35-12-14-36(15-13-35)29-2-1-10-33-34-29/h1-4,6-7,9-11,16-19H,5,8,12-15,20-21H2. The number of halogens is 1. The molecule has 0 spiro atoms. The number of anilines is 1. The Hall–Kier alpha value is -4.01. The van der Waals surface area contributed by atoms with Gasteiger partial charge in [0.2, 0.25) is 0 Å². The largest absolute Gasteiger partial charge is 0.487 e. The van der Waals surface area contributed by atoms with Gasteiger partial charge in [0.25, 0.3) is 5.56 Å². The van der Waals surface area contributed by atoms with Crippen LogP contribution in [0.15, 0.2) is 78.0 Å². The molecular weight excluding hydrogens is 512 g/mol. The van der Waals surface area contributed by atoms with Crippen molar-refractivity contribution in [2.45, 2.75) is 26.0 Å². The van der Waals surface area contributed by atoms with Crippen LogP contribution in [-0.2, 0) is 19.6 Å². The second-order valence-corrected chi connectivity index (χ2v) is 10.3. The molecule has 0 radical (unpaired) electrons. The Bertz CT molecular complexity index is 1530. The second-order valence-electron chi connectivity index (χ2n) is 9.84. The van der Waals surface area contributed by atoms with Crippen molar-refractivity contribution in [2.75, 3.05) is 31.1 Å². The second kappa shape index (κ2) is 11.4. The molecule has 0 bridgehead atoms. The summed E-state index contributed by atoms with van der Waals surface area (Å²) in [6.45, 7) is 5.10. The lowest BCUT2D eigenvalue weighted by atomic mass is 9.93. The van der Waals surface area contributed by atoms with Crippen LogP contribution in [0.1, 0.15) is 28.8 Å². The van der Waals surface area contributed by atoms with E-state index in [1.807, 2.05) is 18.2 Å². The summed E-state index contributed by atoms with van der Waals surface area (Å²) in [7, 11) is 0. The highest BCUT2D eigenvalue weighted by atomic mass is 35.5. The number of benzene rings is 1. The van der Waals surface area contributed by atoms with Crippen LogP contribution < -0.4 is 15.2 Å². The maximum absolute atomic E-state index is 12.9. The van der Waals surface area contributed by atoms with Crippen LogP contribution in [0.4, 0.5) is 5.82 Å². The third kappa shape index (κ3) is 6.02. The molecule has 1 aromatic carbocycles. The van der Waals surface area contributed by atoms with E-state index in [1.165, 1.54) is 22.8 Å². The molecule has 4 heterocycles. The highest BCUT2D eigenvalue weighted by Crippen LogP contribution is 2.28. The molecule has 4 aromatic rings. The number of hydrogen-bond acceptors (Lipinski definition) is 7. The Labute approximate surface area is 232 Å². The minimum atomic E-state index is -0.108. The first-order valence-corrected chi connectivity index (χ1v) is 13.5. The molecule has 1 aliphatic heterocycles. The van der Waals surface area contributed by atoms with Crippen molar-refractivity contribution < 1.29 is 4.74 Å². The number of nitrogens with zero attached hydrogens (tertiary/aromatic N) is 6. The zero-order valence-electron chi connectivity index (χ0n) is 21.5. The summed E-state index contributed by atoms with van der Waals surface area (Å²) < 4.78 is 7.47. The van der Waals surface area contributed by atoms with Crippen molar-refractivity contribution in [2.24, 2.45) is 0 Å². The van der Waals surface area contributed by atoms with Gasteiger partial charge in [-0.25, -0.2) is 0 Å². The van der Waals surface area contributed by atoms with Crippen LogP contribution in [0.25, 0.3) is 11.8 Å². The Kier molecular flexibility index (Phi) is 7.38. The van der Waals surface area contributed by atoms with E-state index in [2.05, 4.69) is 49.3 Å². The summed E-state index contributed by atoms with van der Waals surface area (Å²) in [6, 6.07) is 17.6. The van der Waals surface area contributed by atoms with Crippen molar-refractivity contribution in [1.82, 2.24) is 24.6 Å². The number of rotatable bonds is 7. The lowest BCUT2D eigenvalue weighted by Crippen LogP contribution is -2.46. The van der Waals surface area contributed by atoms with E-state index in [1.54, 1.807) is 35.3 Å². The predicted octanol–water partition coefficient (Wildman–Crippen LogP) is 4.53. The van der Waals surface area contributed by atoms with E-state index in [0.717, 1.165) is 62.8 Å². The molecule has 39 heavy (non-hydrogen) atoms. The van der Waals surface area contributed by atoms with Gasteiger partial charge in [0.05, 0.1) is 10.7 Å². The van der Waals surface area contributed by atoms with Crippen LogP contribution in [0, 0.1) is 0 Å². The van der Waals surface area contributed by atoms with E-state index >= 15 is 0 Å². The predicted molar refractivity (Wildman–Crippen MR) is 153 cm³/mol. The maximum atomic E-state index is 12.9. The SMILES string of the molecule is O=c1cc(OCc2ccc(Cl)cn2)ccn1C1=Cc2ccc(CN3CCN(c4cccnn4)CC3)cc2CC1. The molecule has 0 saturated carbocycles. The molecule has 8 nitrogen and oxygen atoms in total. The number of piperazine rings is 1. The van der Waals surface area contributed by atoms with Gasteiger partial charge in [0, 0.05) is 63.1 Å². The van der Waals surface area contributed by atoms with Crippen molar-refractivity contribution in [3.05, 3.63) is 111 Å². The molecule has 2 aliphatic rings. The molecule has 3 aromatic heterocycles. The summed E-state index contributed by atoms with van der Waals surface area (Å²) >= 11 is 5.88. The number of hydrogen-bond donors (Lipinski definition) is 0. The first-order valence-electron chi connectivity index (χ1n) is 13.1. The third-order valence-electron chi connectivity index (χ3n) is 7.22. The third-order valence-corrected chi connectivity index (χ3v) is 7.44. The Balaban J connectivity index is 1.08. The van der Waals surface area contributed by atoms with Gasteiger partial charge in [-0.05, 0) is 65.9 Å². The van der Waals surface area contributed by atoms with Gasteiger partial charge in [0.15, 0.2) is 5.82 Å². The molecule has 1 saturated heterocycles. The molecule has 1 fully saturated rings. The van der Waals surface area contributed by atoms with Gasteiger partial charge < -0.3 is 9.64 Å². The molecule has 9 heteroatoms. The van der Waals surface area contributed by atoms with Crippen LogP contribution in [-0.4, -0.2) is 50.8 Å². The fourth-order valence-corrected chi connectivity index (χ4v) is 5.22. The average molecular weight is 541 g/mol. The minimum Gasteiger partial charge on any atom is -0.487 e. The first kappa shape index (κ1) is 25.3. The number of fused-ring (bicyclic) bond motifs is 1. The molecule has 1 aliphatic carbocycles. The summed E-state index contributed by atoms with van der Waals surface area (Å²) in [4.78, 5) is 21.9. The van der Waals surface area contributed by atoms with Crippen LogP contribution in [0.2, 0.25) is 5.02 Å². The quantitative estimate of drug-likeness (QED) is 0.341. The van der Waals surface area contributed by atoms with Gasteiger partial charge in [-0.3, -0.25) is 19.2 Å². The first-order chi connectivity index (χ1) is 19.1. The molecule has 0 N–H and O–H groups in total. The molecule has 0 atom stereocenters. The van der Waals surface area contributed by atoms with Crippen molar-refractivity contribution in [1.29, 1.82) is 0 Å².